The fraction of sp³-hybridized carbons (Fsp3) is 0.235. The number of ether oxygens (including phenoxy) is 1. The lowest BCUT2D eigenvalue weighted by Crippen LogP contribution is -2.05. The lowest BCUT2D eigenvalue weighted by molar-refractivity contribution is 0.0529. The second-order valence-electron chi connectivity index (χ2n) is 4.95. The maximum Gasteiger partial charge on any atom is 0.339 e. The molecule has 0 unspecified atom stereocenters. The number of esters is 1. The Kier molecular flexibility index (Phi) is 4.52. The molecular formula is C17H17N3O2S. The molecule has 0 aliphatic rings. The molecule has 0 saturated heterocycles. The number of hydrogen-bond donors (Lipinski definition) is 1. The lowest BCUT2D eigenvalue weighted by Gasteiger charge is -2.08. The number of thiophene rings is 1. The summed E-state index contributed by atoms with van der Waals surface area (Å²) in [6, 6.07) is 8.15. The van der Waals surface area contributed by atoms with Crippen molar-refractivity contribution in [2.75, 3.05) is 11.9 Å². The molecule has 0 amide bonds. The van der Waals surface area contributed by atoms with E-state index in [0.717, 1.165) is 16.9 Å². The van der Waals surface area contributed by atoms with Gasteiger partial charge in [0.05, 0.1) is 17.6 Å². The maximum absolute atomic E-state index is 12.1. The van der Waals surface area contributed by atoms with Crippen LogP contribution in [0.1, 0.15) is 29.8 Å². The summed E-state index contributed by atoms with van der Waals surface area (Å²) in [5.74, 6) is 0.265. The fourth-order valence-corrected chi connectivity index (χ4v) is 3.17. The van der Waals surface area contributed by atoms with Gasteiger partial charge in [-0.1, -0.05) is 19.1 Å². The van der Waals surface area contributed by atoms with Crippen molar-refractivity contribution in [1.82, 2.24) is 9.97 Å². The Morgan fingerprint density at radius 3 is 2.70 bits per heavy atom. The molecule has 3 rings (SSSR count). The van der Waals surface area contributed by atoms with Crippen molar-refractivity contribution in [3.05, 3.63) is 47.1 Å². The van der Waals surface area contributed by atoms with Crippen LogP contribution >= 0.6 is 11.3 Å². The topological polar surface area (TPSA) is 64.1 Å². The number of fused-ring (bicyclic) bond motifs is 1. The van der Waals surface area contributed by atoms with Crippen LogP contribution in [-0.2, 0) is 11.2 Å². The number of aryl methyl sites for hydroxylation is 1. The number of carbonyl (C=O) groups excluding carboxylic acids is 1. The SMILES string of the molecule is CCOC(=O)c1csc2ncnc(Nc3ccc(CC)cc3)c12. The van der Waals surface area contributed by atoms with Gasteiger partial charge in [0.25, 0.3) is 0 Å². The molecule has 2 aromatic heterocycles. The molecule has 0 spiro atoms. The maximum atomic E-state index is 12.1. The molecule has 118 valence electrons. The number of rotatable bonds is 5. The monoisotopic (exact) mass is 327 g/mol. The van der Waals surface area contributed by atoms with Crippen molar-refractivity contribution in [2.45, 2.75) is 20.3 Å². The van der Waals surface area contributed by atoms with Crippen LogP contribution in [0.4, 0.5) is 11.5 Å². The highest BCUT2D eigenvalue weighted by molar-refractivity contribution is 7.17. The molecule has 0 atom stereocenters. The molecule has 6 heteroatoms. The molecular weight excluding hydrogens is 310 g/mol. The number of aromatic nitrogens is 2. The van der Waals surface area contributed by atoms with E-state index in [0.29, 0.717) is 23.4 Å². The number of nitrogens with one attached hydrogen (secondary N) is 1. The van der Waals surface area contributed by atoms with E-state index in [4.69, 9.17) is 4.74 Å². The Morgan fingerprint density at radius 1 is 1.22 bits per heavy atom. The van der Waals surface area contributed by atoms with Crippen LogP contribution in [0.3, 0.4) is 0 Å². The molecule has 0 fully saturated rings. The van der Waals surface area contributed by atoms with E-state index in [1.807, 2.05) is 12.1 Å². The number of carbonyl (C=O) groups is 1. The van der Waals surface area contributed by atoms with E-state index >= 15 is 0 Å². The number of anilines is 2. The van der Waals surface area contributed by atoms with E-state index in [9.17, 15) is 4.79 Å². The summed E-state index contributed by atoms with van der Waals surface area (Å²) in [6.45, 7) is 4.25. The summed E-state index contributed by atoms with van der Waals surface area (Å²) >= 11 is 1.41. The van der Waals surface area contributed by atoms with Crippen LogP contribution in [0.15, 0.2) is 36.0 Å². The van der Waals surface area contributed by atoms with Gasteiger partial charge in [-0.25, -0.2) is 14.8 Å². The number of benzene rings is 1. The Morgan fingerprint density at radius 2 is 2.00 bits per heavy atom. The van der Waals surface area contributed by atoms with Crippen LogP contribution in [0.5, 0.6) is 0 Å². The van der Waals surface area contributed by atoms with Gasteiger partial charge in [-0.15, -0.1) is 11.3 Å². The predicted molar refractivity (Wildman–Crippen MR) is 92.5 cm³/mol. The van der Waals surface area contributed by atoms with E-state index in [-0.39, 0.29) is 5.97 Å². The third kappa shape index (κ3) is 3.17. The molecule has 2 heterocycles. The van der Waals surface area contributed by atoms with Gasteiger partial charge < -0.3 is 10.1 Å². The van der Waals surface area contributed by atoms with Gasteiger partial charge in [-0.2, -0.15) is 0 Å². The molecule has 3 aromatic rings. The third-order valence-corrected chi connectivity index (χ3v) is 4.38. The Bertz CT molecular complexity index is 827. The first-order valence-corrected chi connectivity index (χ1v) is 8.36. The molecule has 1 aromatic carbocycles. The van der Waals surface area contributed by atoms with Gasteiger partial charge >= 0.3 is 5.97 Å². The van der Waals surface area contributed by atoms with Crippen LogP contribution in [0, 0.1) is 0 Å². The van der Waals surface area contributed by atoms with Crippen molar-refractivity contribution in [1.29, 1.82) is 0 Å². The number of nitrogens with zero attached hydrogens (tertiary/aromatic N) is 2. The second-order valence-corrected chi connectivity index (χ2v) is 5.81. The zero-order chi connectivity index (χ0) is 16.2. The molecule has 23 heavy (non-hydrogen) atoms. The van der Waals surface area contributed by atoms with E-state index in [1.54, 1.807) is 12.3 Å². The van der Waals surface area contributed by atoms with Gasteiger partial charge in [0.2, 0.25) is 0 Å². The summed E-state index contributed by atoms with van der Waals surface area (Å²) in [7, 11) is 0. The minimum absolute atomic E-state index is 0.338. The lowest BCUT2D eigenvalue weighted by atomic mass is 10.1. The number of hydrogen-bond acceptors (Lipinski definition) is 6. The standard InChI is InChI=1S/C17H17N3O2S/c1-3-11-5-7-12(8-6-11)20-15-14-13(17(21)22-4-2)9-23-16(14)19-10-18-15/h5-10H,3-4H2,1-2H3,(H,18,19,20). The van der Waals surface area contributed by atoms with Gasteiger partial charge in [0.15, 0.2) is 0 Å². The summed E-state index contributed by atoms with van der Waals surface area (Å²) in [6.07, 6.45) is 2.49. The average molecular weight is 327 g/mol. The van der Waals surface area contributed by atoms with Crippen molar-refractivity contribution >= 4 is 39.0 Å². The average Bonchev–Trinajstić information content (AvgIpc) is 3.01. The normalized spacial score (nSPS) is 10.7. The molecule has 0 aliphatic carbocycles. The largest absolute Gasteiger partial charge is 0.462 e. The second kappa shape index (κ2) is 6.75. The van der Waals surface area contributed by atoms with Crippen molar-refractivity contribution in [3.8, 4) is 0 Å². The molecule has 1 N–H and O–H groups in total. The fourth-order valence-electron chi connectivity index (χ4n) is 2.29. The van der Waals surface area contributed by atoms with E-state index < -0.39 is 0 Å². The Labute approximate surface area is 138 Å². The van der Waals surface area contributed by atoms with Gasteiger partial charge in [-0.05, 0) is 31.0 Å². The first-order chi connectivity index (χ1) is 11.2. The third-order valence-electron chi connectivity index (χ3n) is 3.49. The molecule has 0 radical (unpaired) electrons. The quantitative estimate of drug-likeness (QED) is 0.712. The first kappa shape index (κ1) is 15.4. The summed E-state index contributed by atoms with van der Waals surface area (Å²) in [4.78, 5) is 21.4. The highest BCUT2D eigenvalue weighted by Gasteiger charge is 2.18. The summed E-state index contributed by atoms with van der Waals surface area (Å²) in [5, 5.41) is 5.74. The minimum Gasteiger partial charge on any atom is -0.462 e. The summed E-state index contributed by atoms with van der Waals surface area (Å²) in [5.41, 5.74) is 2.69. The predicted octanol–water partition coefficient (Wildman–Crippen LogP) is 4.17. The van der Waals surface area contributed by atoms with Crippen molar-refractivity contribution in [2.24, 2.45) is 0 Å². The first-order valence-electron chi connectivity index (χ1n) is 7.48. The van der Waals surface area contributed by atoms with Crippen LogP contribution in [-0.4, -0.2) is 22.5 Å². The van der Waals surface area contributed by atoms with Crippen LogP contribution in [0.2, 0.25) is 0 Å². The van der Waals surface area contributed by atoms with Gasteiger partial charge in [0, 0.05) is 11.1 Å². The van der Waals surface area contributed by atoms with E-state index in [1.165, 1.54) is 23.2 Å². The highest BCUT2D eigenvalue weighted by Crippen LogP contribution is 2.31. The zero-order valence-corrected chi connectivity index (χ0v) is 13.8. The summed E-state index contributed by atoms with van der Waals surface area (Å²) < 4.78 is 5.11. The van der Waals surface area contributed by atoms with Crippen molar-refractivity contribution in [3.63, 3.8) is 0 Å². The highest BCUT2D eigenvalue weighted by atomic mass is 32.1. The molecule has 0 bridgehead atoms. The van der Waals surface area contributed by atoms with Gasteiger partial charge in [-0.3, -0.25) is 0 Å². The van der Waals surface area contributed by atoms with E-state index in [2.05, 4.69) is 34.3 Å². The molecule has 0 aliphatic heterocycles. The Hall–Kier alpha value is -2.47. The Balaban J connectivity index is 1.99. The minimum atomic E-state index is -0.349. The zero-order valence-electron chi connectivity index (χ0n) is 13.0. The van der Waals surface area contributed by atoms with Gasteiger partial charge in [0.1, 0.15) is 17.0 Å². The van der Waals surface area contributed by atoms with Crippen LogP contribution < -0.4 is 5.32 Å². The van der Waals surface area contributed by atoms with Crippen molar-refractivity contribution < 1.29 is 9.53 Å². The molecule has 0 saturated carbocycles. The molecule has 5 nitrogen and oxygen atoms in total. The van der Waals surface area contributed by atoms with Crippen LogP contribution in [0.25, 0.3) is 10.2 Å². The smallest absolute Gasteiger partial charge is 0.339 e.